The van der Waals surface area contributed by atoms with Crippen LogP contribution in [0.25, 0.3) is 0 Å². The largest absolute Gasteiger partial charge is 0.312 e. The van der Waals surface area contributed by atoms with Crippen LogP contribution in [0.3, 0.4) is 0 Å². The molecule has 1 saturated heterocycles. The Hall–Kier alpha value is -0.0800. The lowest BCUT2D eigenvalue weighted by Gasteiger charge is -2.42. The van der Waals surface area contributed by atoms with Crippen LogP contribution in [0.4, 0.5) is 0 Å². The first kappa shape index (κ1) is 12.0. The molecule has 0 spiro atoms. The Morgan fingerprint density at radius 1 is 1.21 bits per heavy atom. The lowest BCUT2D eigenvalue weighted by atomic mass is 9.90. The molecule has 1 rings (SSSR count). The van der Waals surface area contributed by atoms with Crippen molar-refractivity contribution < 1.29 is 0 Å². The monoisotopic (exact) mass is 198 g/mol. The predicted octanol–water partition coefficient (Wildman–Crippen LogP) is 2.25. The number of rotatable bonds is 5. The zero-order valence-electron chi connectivity index (χ0n) is 10.3. The number of nitrogens with one attached hydrogen (secondary N) is 1. The maximum absolute atomic E-state index is 3.61. The molecule has 1 fully saturated rings. The van der Waals surface area contributed by atoms with Gasteiger partial charge in [-0.05, 0) is 52.7 Å². The lowest BCUT2D eigenvalue weighted by molar-refractivity contribution is 0.105. The third kappa shape index (κ3) is 2.48. The summed E-state index contributed by atoms with van der Waals surface area (Å²) in [5.74, 6) is 0. The summed E-state index contributed by atoms with van der Waals surface area (Å²) in [4.78, 5) is 2.64. The van der Waals surface area contributed by atoms with Crippen molar-refractivity contribution in [3.63, 3.8) is 0 Å². The van der Waals surface area contributed by atoms with Crippen molar-refractivity contribution in [2.24, 2.45) is 0 Å². The van der Waals surface area contributed by atoms with E-state index in [-0.39, 0.29) is 0 Å². The van der Waals surface area contributed by atoms with Crippen molar-refractivity contribution in [1.82, 2.24) is 10.2 Å². The van der Waals surface area contributed by atoms with Gasteiger partial charge in [-0.2, -0.15) is 0 Å². The lowest BCUT2D eigenvalue weighted by Crippen LogP contribution is -2.56. The molecule has 1 heterocycles. The molecular formula is C12H26N2. The molecular weight excluding hydrogens is 172 g/mol. The van der Waals surface area contributed by atoms with Gasteiger partial charge in [0.1, 0.15) is 0 Å². The predicted molar refractivity (Wildman–Crippen MR) is 62.6 cm³/mol. The van der Waals surface area contributed by atoms with Crippen LogP contribution >= 0.6 is 0 Å². The Bertz CT molecular complexity index is 160. The molecule has 0 amide bonds. The number of nitrogens with zero attached hydrogens (tertiary/aromatic N) is 1. The SMILES string of the molecule is CCNC(CC)C(C)(C)N1CCCC1. The molecule has 0 aromatic carbocycles. The van der Waals surface area contributed by atoms with Gasteiger partial charge in [0.05, 0.1) is 0 Å². The highest BCUT2D eigenvalue weighted by Gasteiger charge is 2.34. The molecule has 1 aliphatic heterocycles. The second kappa shape index (κ2) is 5.13. The summed E-state index contributed by atoms with van der Waals surface area (Å²) in [5, 5.41) is 3.61. The summed E-state index contributed by atoms with van der Waals surface area (Å²) >= 11 is 0. The molecule has 0 aliphatic carbocycles. The Morgan fingerprint density at radius 3 is 2.21 bits per heavy atom. The molecule has 2 nitrogen and oxygen atoms in total. The van der Waals surface area contributed by atoms with Crippen LogP contribution in [0, 0.1) is 0 Å². The first-order valence-corrected chi connectivity index (χ1v) is 6.11. The van der Waals surface area contributed by atoms with Gasteiger partial charge in [0, 0.05) is 11.6 Å². The van der Waals surface area contributed by atoms with E-state index < -0.39 is 0 Å². The van der Waals surface area contributed by atoms with Crippen LogP contribution in [-0.2, 0) is 0 Å². The second-order valence-electron chi connectivity index (χ2n) is 4.87. The van der Waals surface area contributed by atoms with Crippen LogP contribution in [-0.4, -0.2) is 36.1 Å². The first-order chi connectivity index (χ1) is 6.62. The summed E-state index contributed by atoms with van der Waals surface area (Å²) in [7, 11) is 0. The Morgan fingerprint density at radius 2 is 1.79 bits per heavy atom. The fourth-order valence-corrected chi connectivity index (χ4v) is 2.65. The average molecular weight is 198 g/mol. The Kier molecular flexibility index (Phi) is 4.39. The highest BCUT2D eigenvalue weighted by atomic mass is 15.2. The first-order valence-electron chi connectivity index (χ1n) is 6.11. The maximum Gasteiger partial charge on any atom is 0.0306 e. The van der Waals surface area contributed by atoms with E-state index in [9.17, 15) is 0 Å². The molecule has 1 atom stereocenters. The average Bonchev–Trinajstić information content (AvgIpc) is 2.66. The van der Waals surface area contributed by atoms with Crippen molar-refractivity contribution in [2.45, 2.75) is 58.5 Å². The summed E-state index contributed by atoms with van der Waals surface area (Å²) in [6.07, 6.45) is 3.98. The van der Waals surface area contributed by atoms with E-state index in [2.05, 4.69) is 37.9 Å². The molecule has 2 heteroatoms. The minimum Gasteiger partial charge on any atom is -0.312 e. The van der Waals surface area contributed by atoms with Gasteiger partial charge < -0.3 is 5.32 Å². The van der Waals surface area contributed by atoms with E-state index >= 15 is 0 Å². The van der Waals surface area contributed by atoms with Crippen LogP contribution in [0.1, 0.15) is 47.0 Å². The third-order valence-electron chi connectivity index (χ3n) is 3.63. The van der Waals surface area contributed by atoms with Crippen LogP contribution in [0.5, 0.6) is 0 Å². The molecule has 1 aliphatic rings. The molecule has 1 N–H and O–H groups in total. The quantitative estimate of drug-likeness (QED) is 0.729. The molecule has 0 bridgehead atoms. The van der Waals surface area contributed by atoms with Crippen LogP contribution in [0.2, 0.25) is 0 Å². The van der Waals surface area contributed by atoms with E-state index in [0.717, 1.165) is 6.54 Å². The normalized spacial score (nSPS) is 21.4. The van der Waals surface area contributed by atoms with E-state index in [1.165, 1.54) is 32.4 Å². The maximum atomic E-state index is 3.61. The zero-order chi connectivity index (χ0) is 10.6. The molecule has 0 saturated carbocycles. The molecule has 84 valence electrons. The van der Waals surface area contributed by atoms with Gasteiger partial charge in [0.2, 0.25) is 0 Å². The number of hydrogen-bond acceptors (Lipinski definition) is 2. The second-order valence-corrected chi connectivity index (χ2v) is 4.87. The highest BCUT2D eigenvalue weighted by molar-refractivity contribution is 4.94. The standard InChI is InChI=1S/C12H26N2/c1-5-11(13-6-2)12(3,4)14-9-7-8-10-14/h11,13H,5-10H2,1-4H3. The van der Waals surface area contributed by atoms with Crippen molar-refractivity contribution in [3.8, 4) is 0 Å². The van der Waals surface area contributed by atoms with Gasteiger partial charge >= 0.3 is 0 Å². The van der Waals surface area contributed by atoms with Gasteiger partial charge in [0.15, 0.2) is 0 Å². The van der Waals surface area contributed by atoms with Gasteiger partial charge in [0.25, 0.3) is 0 Å². The van der Waals surface area contributed by atoms with E-state index in [1.54, 1.807) is 0 Å². The summed E-state index contributed by atoms with van der Waals surface area (Å²) in [5.41, 5.74) is 0.321. The Labute approximate surface area is 89.1 Å². The van der Waals surface area contributed by atoms with Crippen molar-refractivity contribution in [1.29, 1.82) is 0 Å². The smallest absolute Gasteiger partial charge is 0.0306 e. The zero-order valence-corrected chi connectivity index (χ0v) is 10.3. The Balaban J connectivity index is 2.59. The highest BCUT2D eigenvalue weighted by Crippen LogP contribution is 2.25. The van der Waals surface area contributed by atoms with Gasteiger partial charge in [-0.15, -0.1) is 0 Å². The van der Waals surface area contributed by atoms with Crippen molar-refractivity contribution >= 4 is 0 Å². The van der Waals surface area contributed by atoms with Crippen molar-refractivity contribution in [3.05, 3.63) is 0 Å². The number of likely N-dealkylation sites (tertiary alicyclic amines) is 1. The molecule has 0 aromatic rings. The fraction of sp³-hybridized carbons (Fsp3) is 1.00. The van der Waals surface area contributed by atoms with E-state index in [0.29, 0.717) is 11.6 Å². The van der Waals surface area contributed by atoms with E-state index in [4.69, 9.17) is 0 Å². The minimum absolute atomic E-state index is 0.321. The summed E-state index contributed by atoms with van der Waals surface area (Å²) in [6.45, 7) is 12.9. The van der Waals surface area contributed by atoms with E-state index in [1.807, 2.05) is 0 Å². The van der Waals surface area contributed by atoms with Gasteiger partial charge in [-0.3, -0.25) is 4.90 Å². The fourth-order valence-electron chi connectivity index (χ4n) is 2.65. The molecule has 0 radical (unpaired) electrons. The molecule has 0 aromatic heterocycles. The summed E-state index contributed by atoms with van der Waals surface area (Å²) < 4.78 is 0. The van der Waals surface area contributed by atoms with Crippen LogP contribution < -0.4 is 5.32 Å². The van der Waals surface area contributed by atoms with Crippen molar-refractivity contribution in [2.75, 3.05) is 19.6 Å². The minimum atomic E-state index is 0.321. The summed E-state index contributed by atoms with van der Waals surface area (Å²) in [6, 6.07) is 0.630. The number of likely N-dealkylation sites (N-methyl/N-ethyl adjacent to an activating group) is 1. The topological polar surface area (TPSA) is 15.3 Å². The molecule has 1 unspecified atom stereocenters. The molecule has 14 heavy (non-hydrogen) atoms. The number of hydrogen-bond donors (Lipinski definition) is 1. The van der Waals surface area contributed by atoms with Gasteiger partial charge in [-0.1, -0.05) is 13.8 Å². The van der Waals surface area contributed by atoms with Gasteiger partial charge in [-0.25, -0.2) is 0 Å². The van der Waals surface area contributed by atoms with Crippen LogP contribution in [0.15, 0.2) is 0 Å². The third-order valence-corrected chi connectivity index (χ3v) is 3.63.